The van der Waals surface area contributed by atoms with Gasteiger partial charge in [-0.2, -0.15) is 9.90 Å². The number of aromatic carboxylic acids is 1. The predicted molar refractivity (Wildman–Crippen MR) is 38.9 cm³/mol. The van der Waals surface area contributed by atoms with Crippen LogP contribution in [0.5, 0.6) is 0 Å². The Morgan fingerprint density at radius 1 is 1.75 bits per heavy atom. The lowest BCUT2D eigenvalue weighted by atomic mass is 10.2. The highest BCUT2D eigenvalue weighted by Crippen LogP contribution is 2.07. The lowest BCUT2D eigenvalue weighted by Gasteiger charge is -2.25. The summed E-state index contributed by atoms with van der Waals surface area (Å²) in [5.41, 5.74) is 0.00176. The predicted octanol–water partition coefficient (Wildman–Crippen LogP) is -0.879. The molecule has 1 saturated heterocycles. The summed E-state index contributed by atoms with van der Waals surface area (Å²) in [6.07, 6.45) is 1.26. The average Bonchev–Trinajstić information content (AvgIpc) is 2.32. The molecule has 0 atom stereocenters. The van der Waals surface area contributed by atoms with E-state index in [4.69, 9.17) is 5.11 Å². The van der Waals surface area contributed by atoms with Crippen LogP contribution in [0.1, 0.15) is 16.5 Å². The molecule has 2 heterocycles. The fourth-order valence-corrected chi connectivity index (χ4v) is 0.987. The number of nitrogens with one attached hydrogen (secondary N) is 1. The van der Waals surface area contributed by atoms with Gasteiger partial charge in [0, 0.05) is 13.1 Å². The molecule has 1 aromatic rings. The number of carboxylic acids is 1. The molecule has 12 heavy (non-hydrogen) atoms. The number of carbonyl (C=O) groups is 1. The minimum atomic E-state index is -1.03. The molecule has 1 aliphatic rings. The molecule has 0 amide bonds. The van der Waals surface area contributed by atoms with Crippen LogP contribution in [-0.2, 0) is 0 Å². The molecule has 1 fully saturated rings. The minimum absolute atomic E-state index is 0.00176. The Hall–Kier alpha value is -1.43. The van der Waals surface area contributed by atoms with Gasteiger partial charge in [-0.05, 0) is 0 Å². The van der Waals surface area contributed by atoms with Gasteiger partial charge in [0.25, 0.3) is 0 Å². The van der Waals surface area contributed by atoms with E-state index in [0.29, 0.717) is 0 Å². The van der Waals surface area contributed by atoms with Gasteiger partial charge in [0.15, 0.2) is 5.69 Å². The normalized spacial score (nSPS) is 17.3. The summed E-state index contributed by atoms with van der Waals surface area (Å²) in [7, 11) is 0. The first-order valence-electron chi connectivity index (χ1n) is 3.63. The summed E-state index contributed by atoms with van der Waals surface area (Å²) in [5.74, 6) is -1.03. The van der Waals surface area contributed by atoms with Crippen molar-refractivity contribution in [3.63, 3.8) is 0 Å². The summed E-state index contributed by atoms with van der Waals surface area (Å²) < 4.78 is 0. The minimum Gasteiger partial charge on any atom is -0.476 e. The second-order valence-electron chi connectivity index (χ2n) is 2.67. The maximum absolute atomic E-state index is 10.4. The zero-order valence-corrected chi connectivity index (χ0v) is 6.27. The highest BCUT2D eigenvalue weighted by molar-refractivity contribution is 5.84. The highest BCUT2D eigenvalue weighted by atomic mass is 16.4. The number of nitrogens with zero attached hydrogens (tertiary/aromatic N) is 3. The lowest BCUT2D eigenvalue weighted by molar-refractivity contribution is 0.0688. The highest BCUT2D eigenvalue weighted by Gasteiger charge is 2.21. The van der Waals surface area contributed by atoms with E-state index in [1.165, 1.54) is 11.0 Å². The molecule has 0 bridgehead atoms. The second kappa shape index (κ2) is 2.56. The Morgan fingerprint density at radius 2 is 2.50 bits per heavy atom. The SMILES string of the molecule is O=C(O)c1cnn(C2CNC2)n1. The molecular weight excluding hydrogens is 160 g/mol. The molecule has 0 aromatic carbocycles. The zero-order valence-electron chi connectivity index (χ0n) is 6.27. The molecule has 0 spiro atoms. The van der Waals surface area contributed by atoms with Gasteiger partial charge in [-0.1, -0.05) is 0 Å². The molecular formula is C6H8N4O2. The van der Waals surface area contributed by atoms with E-state index in [0.717, 1.165) is 13.1 Å². The maximum Gasteiger partial charge on any atom is 0.358 e. The van der Waals surface area contributed by atoms with Crippen molar-refractivity contribution in [2.75, 3.05) is 13.1 Å². The van der Waals surface area contributed by atoms with E-state index in [1.807, 2.05) is 0 Å². The second-order valence-corrected chi connectivity index (χ2v) is 2.67. The fraction of sp³-hybridized carbons (Fsp3) is 0.500. The summed E-state index contributed by atoms with van der Waals surface area (Å²) in [6, 6.07) is 0.220. The molecule has 64 valence electrons. The monoisotopic (exact) mass is 168 g/mol. The summed E-state index contributed by atoms with van der Waals surface area (Å²) >= 11 is 0. The van der Waals surface area contributed by atoms with Crippen molar-refractivity contribution in [1.29, 1.82) is 0 Å². The molecule has 0 aliphatic carbocycles. The Kier molecular flexibility index (Phi) is 1.54. The largest absolute Gasteiger partial charge is 0.476 e. The van der Waals surface area contributed by atoms with Crippen molar-refractivity contribution >= 4 is 5.97 Å². The molecule has 0 saturated carbocycles. The standard InChI is InChI=1S/C6H8N4O2/c11-6(12)5-3-8-10(9-5)4-1-7-2-4/h3-4,7H,1-2H2,(H,11,12). The molecule has 0 radical (unpaired) electrons. The third-order valence-corrected chi connectivity index (χ3v) is 1.81. The molecule has 1 aromatic heterocycles. The maximum atomic E-state index is 10.4. The summed E-state index contributed by atoms with van der Waals surface area (Å²) in [5, 5.41) is 19.2. The van der Waals surface area contributed by atoms with Gasteiger partial charge in [0.05, 0.1) is 12.2 Å². The van der Waals surface area contributed by atoms with Gasteiger partial charge >= 0.3 is 5.97 Å². The van der Waals surface area contributed by atoms with Crippen LogP contribution >= 0.6 is 0 Å². The summed E-state index contributed by atoms with van der Waals surface area (Å²) in [6.45, 7) is 1.63. The smallest absolute Gasteiger partial charge is 0.358 e. The van der Waals surface area contributed by atoms with Crippen LogP contribution in [0.15, 0.2) is 6.20 Å². The van der Waals surface area contributed by atoms with Crippen molar-refractivity contribution in [2.45, 2.75) is 6.04 Å². The van der Waals surface area contributed by atoms with Gasteiger partial charge in [-0.15, -0.1) is 5.10 Å². The van der Waals surface area contributed by atoms with E-state index in [1.54, 1.807) is 0 Å². The lowest BCUT2D eigenvalue weighted by Crippen LogP contribution is -2.44. The van der Waals surface area contributed by atoms with E-state index in [9.17, 15) is 4.79 Å². The van der Waals surface area contributed by atoms with Crippen LogP contribution in [0.4, 0.5) is 0 Å². The average molecular weight is 168 g/mol. The van der Waals surface area contributed by atoms with Crippen molar-refractivity contribution in [3.8, 4) is 0 Å². The Labute approximate surface area is 68.2 Å². The Balaban J connectivity index is 2.17. The molecule has 2 N–H and O–H groups in total. The van der Waals surface area contributed by atoms with Gasteiger partial charge in [0.2, 0.25) is 0 Å². The van der Waals surface area contributed by atoms with Gasteiger partial charge in [-0.25, -0.2) is 4.79 Å². The van der Waals surface area contributed by atoms with Crippen LogP contribution in [-0.4, -0.2) is 39.2 Å². The van der Waals surface area contributed by atoms with Crippen molar-refractivity contribution < 1.29 is 9.90 Å². The number of hydrogen-bond acceptors (Lipinski definition) is 4. The van der Waals surface area contributed by atoms with E-state index in [-0.39, 0.29) is 11.7 Å². The number of rotatable bonds is 2. The van der Waals surface area contributed by atoms with Crippen LogP contribution < -0.4 is 5.32 Å². The first kappa shape index (κ1) is 7.23. The molecule has 2 rings (SSSR count). The van der Waals surface area contributed by atoms with Crippen LogP contribution in [0.25, 0.3) is 0 Å². The van der Waals surface area contributed by atoms with Crippen molar-refractivity contribution in [2.24, 2.45) is 0 Å². The molecule has 6 heteroatoms. The first-order valence-corrected chi connectivity index (χ1v) is 3.63. The topological polar surface area (TPSA) is 80.0 Å². The fourth-order valence-electron chi connectivity index (χ4n) is 0.987. The van der Waals surface area contributed by atoms with Crippen molar-refractivity contribution in [1.82, 2.24) is 20.3 Å². The Bertz CT molecular complexity index is 304. The quantitative estimate of drug-likeness (QED) is 0.599. The van der Waals surface area contributed by atoms with E-state index >= 15 is 0 Å². The number of aromatic nitrogens is 3. The molecule has 0 unspecified atom stereocenters. The zero-order chi connectivity index (χ0) is 8.55. The first-order chi connectivity index (χ1) is 5.77. The molecule has 1 aliphatic heterocycles. The van der Waals surface area contributed by atoms with E-state index in [2.05, 4.69) is 15.5 Å². The third-order valence-electron chi connectivity index (χ3n) is 1.81. The van der Waals surface area contributed by atoms with Gasteiger partial charge in [0.1, 0.15) is 0 Å². The number of carboxylic acid groups (broad SMARTS) is 1. The van der Waals surface area contributed by atoms with Crippen LogP contribution in [0.2, 0.25) is 0 Å². The number of hydrogen-bond donors (Lipinski definition) is 2. The Morgan fingerprint density at radius 3 is 2.92 bits per heavy atom. The molecule has 6 nitrogen and oxygen atoms in total. The third kappa shape index (κ3) is 1.06. The van der Waals surface area contributed by atoms with Gasteiger partial charge < -0.3 is 10.4 Å². The van der Waals surface area contributed by atoms with Gasteiger partial charge in [-0.3, -0.25) is 0 Å². The van der Waals surface area contributed by atoms with E-state index < -0.39 is 5.97 Å². The van der Waals surface area contributed by atoms with Crippen molar-refractivity contribution in [3.05, 3.63) is 11.9 Å². The summed E-state index contributed by atoms with van der Waals surface area (Å²) in [4.78, 5) is 11.9. The van der Waals surface area contributed by atoms with Crippen LogP contribution in [0.3, 0.4) is 0 Å². The van der Waals surface area contributed by atoms with Crippen LogP contribution in [0, 0.1) is 0 Å².